The van der Waals surface area contributed by atoms with Crippen LogP contribution in [0, 0.1) is 0 Å². The molecule has 0 saturated carbocycles. The lowest BCUT2D eigenvalue weighted by molar-refractivity contribution is -0.113. The quantitative estimate of drug-likeness (QED) is 0.824. The SMILES string of the molecule is O=C(CCl)Nc1nnc([C@@H]2CCCO2)s1. The first-order valence-electron chi connectivity index (χ1n) is 4.60. The van der Waals surface area contributed by atoms with Crippen LogP contribution in [0.5, 0.6) is 0 Å². The number of alkyl halides is 1. The summed E-state index contributed by atoms with van der Waals surface area (Å²) in [6.07, 6.45) is 2.07. The summed E-state index contributed by atoms with van der Waals surface area (Å²) in [4.78, 5) is 11.0. The molecular weight excluding hydrogens is 238 g/mol. The maximum Gasteiger partial charge on any atom is 0.241 e. The zero-order chi connectivity index (χ0) is 10.7. The van der Waals surface area contributed by atoms with Gasteiger partial charge in [0.2, 0.25) is 11.0 Å². The molecule has 1 N–H and O–H groups in total. The molecule has 1 amide bonds. The molecule has 1 fully saturated rings. The Morgan fingerprint density at radius 2 is 2.53 bits per heavy atom. The number of carbonyl (C=O) groups excluding carboxylic acids is 1. The number of aromatic nitrogens is 2. The van der Waals surface area contributed by atoms with Crippen LogP contribution in [-0.2, 0) is 9.53 Å². The Morgan fingerprint density at radius 1 is 1.67 bits per heavy atom. The molecule has 0 radical (unpaired) electrons. The third kappa shape index (κ3) is 2.64. The second-order valence-electron chi connectivity index (χ2n) is 3.13. The molecule has 1 aromatic rings. The molecule has 5 nitrogen and oxygen atoms in total. The Hall–Kier alpha value is -0.720. The third-order valence-electron chi connectivity index (χ3n) is 2.01. The van der Waals surface area contributed by atoms with E-state index in [1.807, 2.05) is 0 Å². The largest absolute Gasteiger partial charge is 0.371 e. The van der Waals surface area contributed by atoms with Gasteiger partial charge in [0.15, 0.2) is 0 Å². The Balaban J connectivity index is 2.00. The van der Waals surface area contributed by atoms with Gasteiger partial charge in [0.1, 0.15) is 17.0 Å². The van der Waals surface area contributed by atoms with Crippen molar-refractivity contribution in [1.29, 1.82) is 0 Å². The van der Waals surface area contributed by atoms with Gasteiger partial charge in [-0.2, -0.15) is 0 Å². The molecule has 0 spiro atoms. The van der Waals surface area contributed by atoms with E-state index in [0.29, 0.717) is 5.13 Å². The first-order chi connectivity index (χ1) is 7.29. The number of anilines is 1. The summed E-state index contributed by atoms with van der Waals surface area (Å²) >= 11 is 6.69. The second kappa shape index (κ2) is 4.87. The molecule has 0 unspecified atom stereocenters. The summed E-state index contributed by atoms with van der Waals surface area (Å²) in [5.74, 6) is -0.346. The molecule has 1 aliphatic rings. The first kappa shape index (κ1) is 10.8. The van der Waals surface area contributed by atoms with Gasteiger partial charge in [0.25, 0.3) is 0 Å². The van der Waals surface area contributed by atoms with Crippen molar-refractivity contribution < 1.29 is 9.53 Å². The third-order valence-corrected chi connectivity index (χ3v) is 3.19. The summed E-state index contributed by atoms with van der Waals surface area (Å²) in [7, 11) is 0. The normalized spacial score (nSPS) is 20.5. The fourth-order valence-corrected chi connectivity index (χ4v) is 2.25. The van der Waals surface area contributed by atoms with Crippen molar-refractivity contribution in [3.05, 3.63) is 5.01 Å². The molecule has 82 valence electrons. The highest BCUT2D eigenvalue weighted by Crippen LogP contribution is 2.31. The predicted molar refractivity (Wildman–Crippen MR) is 57.2 cm³/mol. The number of rotatable bonds is 3. The molecule has 0 bridgehead atoms. The van der Waals surface area contributed by atoms with E-state index in [1.165, 1.54) is 11.3 Å². The van der Waals surface area contributed by atoms with Crippen molar-refractivity contribution in [2.45, 2.75) is 18.9 Å². The molecule has 0 aromatic carbocycles. The number of ether oxygens (including phenoxy) is 1. The van der Waals surface area contributed by atoms with Crippen molar-refractivity contribution >= 4 is 34.0 Å². The summed E-state index contributed by atoms with van der Waals surface area (Å²) < 4.78 is 5.45. The molecule has 2 heterocycles. The Morgan fingerprint density at radius 3 is 3.20 bits per heavy atom. The van der Waals surface area contributed by atoms with E-state index >= 15 is 0 Å². The Labute approximate surface area is 95.8 Å². The monoisotopic (exact) mass is 247 g/mol. The van der Waals surface area contributed by atoms with E-state index in [1.54, 1.807) is 0 Å². The van der Waals surface area contributed by atoms with E-state index in [9.17, 15) is 4.79 Å². The van der Waals surface area contributed by atoms with Crippen LogP contribution in [0.1, 0.15) is 24.0 Å². The van der Waals surface area contributed by atoms with Gasteiger partial charge in [-0.3, -0.25) is 10.1 Å². The fourth-order valence-electron chi connectivity index (χ4n) is 1.34. The zero-order valence-corrected chi connectivity index (χ0v) is 9.48. The fraction of sp³-hybridized carbons (Fsp3) is 0.625. The summed E-state index contributed by atoms with van der Waals surface area (Å²) in [5.41, 5.74) is 0. The van der Waals surface area contributed by atoms with Crippen molar-refractivity contribution in [1.82, 2.24) is 10.2 Å². The van der Waals surface area contributed by atoms with Gasteiger partial charge in [-0.15, -0.1) is 21.8 Å². The molecule has 1 aliphatic heterocycles. The number of carbonyl (C=O) groups is 1. The molecular formula is C8H10ClN3O2S. The minimum Gasteiger partial charge on any atom is -0.371 e. The van der Waals surface area contributed by atoms with Crippen LogP contribution in [0.2, 0.25) is 0 Å². The second-order valence-corrected chi connectivity index (χ2v) is 4.41. The van der Waals surface area contributed by atoms with E-state index in [0.717, 1.165) is 24.5 Å². The summed E-state index contributed by atoms with van der Waals surface area (Å²) in [6.45, 7) is 0.771. The number of nitrogens with zero attached hydrogens (tertiary/aromatic N) is 2. The summed E-state index contributed by atoms with van der Waals surface area (Å²) in [6, 6.07) is 0. The molecule has 0 aliphatic carbocycles. The topological polar surface area (TPSA) is 64.1 Å². The molecule has 15 heavy (non-hydrogen) atoms. The van der Waals surface area contributed by atoms with Crippen LogP contribution in [0.15, 0.2) is 0 Å². The van der Waals surface area contributed by atoms with Crippen molar-refractivity contribution in [3.8, 4) is 0 Å². The summed E-state index contributed by atoms with van der Waals surface area (Å²) in [5, 5.41) is 11.7. The molecule has 1 saturated heterocycles. The minimum absolute atomic E-state index is 0.0455. The van der Waals surface area contributed by atoms with Gasteiger partial charge in [0.05, 0.1) is 0 Å². The molecule has 1 atom stereocenters. The van der Waals surface area contributed by atoms with Gasteiger partial charge in [-0.1, -0.05) is 11.3 Å². The average Bonchev–Trinajstić information content (AvgIpc) is 2.85. The van der Waals surface area contributed by atoms with E-state index in [4.69, 9.17) is 16.3 Å². The zero-order valence-electron chi connectivity index (χ0n) is 7.90. The standard InChI is InChI=1S/C8H10ClN3O2S/c9-4-6(13)10-8-12-11-7(15-8)5-2-1-3-14-5/h5H,1-4H2,(H,10,12,13)/t5-/m0/s1. The van der Waals surface area contributed by atoms with Crippen LogP contribution in [0.25, 0.3) is 0 Å². The van der Waals surface area contributed by atoms with Crippen molar-refractivity contribution in [2.24, 2.45) is 0 Å². The maximum absolute atomic E-state index is 11.0. The first-order valence-corrected chi connectivity index (χ1v) is 5.95. The van der Waals surface area contributed by atoms with E-state index in [2.05, 4.69) is 15.5 Å². The van der Waals surface area contributed by atoms with E-state index < -0.39 is 0 Å². The van der Waals surface area contributed by atoms with E-state index in [-0.39, 0.29) is 17.9 Å². The van der Waals surface area contributed by atoms with Crippen LogP contribution in [-0.4, -0.2) is 28.6 Å². The van der Waals surface area contributed by atoms with Gasteiger partial charge in [-0.05, 0) is 12.8 Å². The number of amides is 1. The predicted octanol–water partition coefficient (Wildman–Crippen LogP) is 1.57. The lowest BCUT2D eigenvalue weighted by Crippen LogP contribution is -2.12. The van der Waals surface area contributed by atoms with Gasteiger partial charge < -0.3 is 4.74 Å². The minimum atomic E-state index is -0.272. The lowest BCUT2D eigenvalue weighted by Gasteiger charge is -2.01. The van der Waals surface area contributed by atoms with Crippen molar-refractivity contribution in [2.75, 3.05) is 17.8 Å². The van der Waals surface area contributed by atoms with Crippen LogP contribution in [0.3, 0.4) is 0 Å². The van der Waals surface area contributed by atoms with Gasteiger partial charge >= 0.3 is 0 Å². The van der Waals surface area contributed by atoms with Crippen LogP contribution in [0.4, 0.5) is 5.13 Å². The molecule has 1 aromatic heterocycles. The van der Waals surface area contributed by atoms with Gasteiger partial charge in [0, 0.05) is 6.61 Å². The number of halogens is 1. The highest BCUT2D eigenvalue weighted by atomic mass is 35.5. The highest BCUT2D eigenvalue weighted by molar-refractivity contribution is 7.15. The van der Waals surface area contributed by atoms with Gasteiger partial charge in [-0.25, -0.2) is 0 Å². The number of nitrogens with one attached hydrogen (secondary N) is 1. The maximum atomic E-state index is 11.0. The number of hydrogen-bond donors (Lipinski definition) is 1. The lowest BCUT2D eigenvalue weighted by atomic mass is 10.2. The molecule has 2 rings (SSSR count). The van der Waals surface area contributed by atoms with Crippen LogP contribution < -0.4 is 5.32 Å². The highest BCUT2D eigenvalue weighted by Gasteiger charge is 2.22. The average molecular weight is 248 g/mol. The Bertz CT molecular complexity index is 351. The van der Waals surface area contributed by atoms with Crippen LogP contribution >= 0.6 is 22.9 Å². The Kier molecular flexibility index (Phi) is 3.50. The number of hydrogen-bond acceptors (Lipinski definition) is 5. The smallest absolute Gasteiger partial charge is 0.241 e. The van der Waals surface area contributed by atoms with Crippen molar-refractivity contribution in [3.63, 3.8) is 0 Å². The molecule has 7 heteroatoms.